The molecule has 0 heterocycles. The molecule has 0 fully saturated rings. The summed E-state index contributed by atoms with van der Waals surface area (Å²) in [5.74, 6) is 1.49. The van der Waals surface area contributed by atoms with Crippen molar-refractivity contribution in [2.24, 2.45) is 5.92 Å². The number of aromatic hydroxyl groups is 1. The van der Waals surface area contributed by atoms with E-state index in [0.29, 0.717) is 18.3 Å². The predicted octanol–water partition coefficient (Wildman–Crippen LogP) is 6.51. The molecule has 1 aliphatic carbocycles. The number of rotatable bonds is 10. The molecule has 27 heavy (non-hydrogen) atoms. The van der Waals surface area contributed by atoms with Gasteiger partial charge in [-0.15, -0.1) is 0 Å². The number of phenolic OH excluding ortho intramolecular Hbond substituents is 1. The number of phenols is 1. The van der Waals surface area contributed by atoms with E-state index in [2.05, 4.69) is 39.5 Å². The Morgan fingerprint density at radius 2 is 2.04 bits per heavy atom. The summed E-state index contributed by atoms with van der Waals surface area (Å²) in [6.07, 6.45) is 8.88. The predicted molar refractivity (Wildman–Crippen MR) is 112 cm³/mol. The van der Waals surface area contributed by atoms with Crippen LogP contribution in [-0.4, -0.2) is 18.5 Å². The van der Waals surface area contributed by atoms with Crippen LogP contribution in [0.3, 0.4) is 0 Å². The minimum Gasteiger partial charge on any atom is -0.507 e. The monoisotopic (exact) mass is 372 g/mol. The fourth-order valence-corrected chi connectivity index (χ4v) is 3.94. The molecule has 0 saturated heterocycles. The molecule has 1 aromatic carbocycles. The standard InChI is InChI=1S/C24H36O3/c1-6-8-9-10-19-14-22(25)24(23(15-19)27-16-26-7-2)21-13-18(5)11-12-20(21)17(3)4/h13-15,20-21,25H,3,6-12,16H2,1-2,4-5H3. The third-order valence-corrected chi connectivity index (χ3v) is 5.46. The van der Waals surface area contributed by atoms with E-state index in [4.69, 9.17) is 9.47 Å². The van der Waals surface area contributed by atoms with E-state index in [0.717, 1.165) is 48.1 Å². The van der Waals surface area contributed by atoms with Crippen molar-refractivity contribution in [2.75, 3.05) is 13.4 Å². The molecule has 2 rings (SSSR count). The maximum atomic E-state index is 10.9. The summed E-state index contributed by atoms with van der Waals surface area (Å²) in [5, 5.41) is 10.9. The van der Waals surface area contributed by atoms with Crippen LogP contribution in [0.25, 0.3) is 0 Å². The van der Waals surface area contributed by atoms with E-state index in [-0.39, 0.29) is 12.7 Å². The topological polar surface area (TPSA) is 38.7 Å². The highest BCUT2D eigenvalue weighted by molar-refractivity contribution is 5.52. The van der Waals surface area contributed by atoms with E-state index in [1.807, 2.05) is 13.0 Å². The molecule has 3 nitrogen and oxygen atoms in total. The zero-order valence-electron chi connectivity index (χ0n) is 17.5. The van der Waals surface area contributed by atoms with Crippen molar-refractivity contribution >= 4 is 0 Å². The van der Waals surface area contributed by atoms with Crippen LogP contribution in [0.2, 0.25) is 0 Å². The van der Waals surface area contributed by atoms with Gasteiger partial charge >= 0.3 is 0 Å². The van der Waals surface area contributed by atoms with Gasteiger partial charge in [-0.1, -0.05) is 43.6 Å². The summed E-state index contributed by atoms with van der Waals surface area (Å²) < 4.78 is 11.4. The van der Waals surface area contributed by atoms with Crippen LogP contribution in [0, 0.1) is 5.92 Å². The average Bonchev–Trinajstić information content (AvgIpc) is 2.61. The third-order valence-electron chi connectivity index (χ3n) is 5.46. The Hall–Kier alpha value is -1.74. The molecule has 0 saturated carbocycles. The molecule has 0 bridgehead atoms. The van der Waals surface area contributed by atoms with Crippen LogP contribution in [-0.2, 0) is 11.2 Å². The van der Waals surface area contributed by atoms with Crippen molar-refractivity contribution in [3.63, 3.8) is 0 Å². The Morgan fingerprint density at radius 3 is 2.70 bits per heavy atom. The van der Waals surface area contributed by atoms with Gasteiger partial charge in [-0.25, -0.2) is 0 Å². The summed E-state index contributed by atoms with van der Waals surface area (Å²) in [6.45, 7) is 13.4. The number of hydrogen-bond acceptors (Lipinski definition) is 3. The van der Waals surface area contributed by atoms with Gasteiger partial charge in [0.2, 0.25) is 0 Å². The van der Waals surface area contributed by atoms with Crippen molar-refractivity contribution < 1.29 is 14.6 Å². The van der Waals surface area contributed by atoms with E-state index >= 15 is 0 Å². The van der Waals surface area contributed by atoms with Crippen molar-refractivity contribution in [2.45, 2.75) is 72.1 Å². The quantitative estimate of drug-likeness (QED) is 0.289. The van der Waals surface area contributed by atoms with Gasteiger partial charge in [0.05, 0.1) is 0 Å². The maximum Gasteiger partial charge on any atom is 0.189 e. The molecule has 0 radical (unpaired) electrons. The van der Waals surface area contributed by atoms with Gasteiger partial charge in [-0.05, 0) is 70.1 Å². The summed E-state index contributed by atoms with van der Waals surface area (Å²) in [6, 6.07) is 4.02. The molecule has 3 heteroatoms. The van der Waals surface area contributed by atoms with Gasteiger partial charge in [-0.2, -0.15) is 0 Å². The SMILES string of the molecule is C=C(C)C1CCC(C)=CC1c1c(O)cc(CCCCC)cc1OCOCC. The summed E-state index contributed by atoms with van der Waals surface area (Å²) in [4.78, 5) is 0. The Morgan fingerprint density at radius 1 is 1.26 bits per heavy atom. The van der Waals surface area contributed by atoms with Crippen molar-refractivity contribution in [1.29, 1.82) is 0 Å². The second kappa shape index (κ2) is 10.6. The molecule has 2 atom stereocenters. The zero-order chi connectivity index (χ0) is 19.8. The molecule has 1 aromatic rings. The van der Waals surface area contributed by atoms with Crippen LogP contribution in [0.15, 0.2) is 35.9 Å². The number of unbranched alkanes of at least 4 members (excludes halogenated alkanes) is 2. The lowest BCUT2D eigenvalue weighted by atomic mass is 9.73. The van der Waals surface area contributed by atoms with Gasteiger partial charge in [0, 0.05) is 18.1 Å². The molecule has 0 amide bonds. The number of ether oxygens (including phenoxy) is 2. The highest BCUT2D eigenvalue weighted by Gasteiger charge is 2.30. The normalized spacial score (nSPS) is 19.6. The van der Waals surface area contributed by atoms with Gasteiger partial charge in [0.15, 0.2) is 6.79 Å². The first-order valence-corrected chi connectivity index (χ1v) is 10.4. The van der Waals surface area contributed by atoms with Crippen molar-refractivity contribution in [3.05, 3.63) is 47.1 Å². The van der Waals surface area contributed by atoms with E-state index < -0.39 is 0 Å². The summed E-state index contributed by atoms with van der Waals surface area (Å²) >= 11 is 0. The molecule has 0 aromatic heterocycles. The molecule has 1 N–H and O–H groups in total. The summed E-state index contributed by atoms with van der Waals surface area (Å²) in [5.41, 5.74) is 4.52. The van der Waals surface area contributed by atoms with E-state index in [1.54, 1.807) is 0 Å². The van der Waals surface area contributed by atoms with E-state index in [1.165, 1.54) is 18.4 Å². The lowest BCUT2D eigenvalue weighted by Gasteiger charge is -2.32. The van der Waals surface area contributed by atoms with Crippen molar-refractivity contribution in [3.8, 4) is 11.5 Å². The molecule has 150 valence electrons. The average molecular weight is 373 g/mol. The first-order chi connectivity index (χ1) is 13.0. The molecule has 0 aliphatic heterocycles. The molecular formula is C24H36O3. The molecule has 0 spiro atoms. The number of allylic oxidation sites excluding steroid dienone is 3. The molecular weight excluding hydrogens is 336 g/mol. The largest absolute Gasteiger partial charge is 0.507 e. The highest BCUT2D eigenvalue weighted by Crippen LogP contribution is 2.47. The Balaban J connectivity index is 2.41. The van der Waals surface area contributed by atoms with Gasteiger partial charge < -0.3 is 14.6 Å². The van der Waals surface area contributed by atoms with Crippen LogP contribution >= 0.6 is 0 Å². The third kappa shape index (κ3) is 5.87. The lowest BCUT2D eigenvalue weighted by molar-refractivity contribution is 0.0214. The Labute approximate surface area is 165 Å². The minimum absolute atomic E-state index is 0.0950. The first-order valence-electron chi connectivity index (χ1n) is 10.4. The van der Waals surface area contributed by atoms with Crippen LogP contribution in [0.5, 0.6) is 11.5 Å². The van der Waals surface area contributed by atoms with Crippen LogP contribution in [0.4, 0.5) is 0 Å². The second-order valence-electron chi connectivity index (χ2n) is 7.77. The maximum absolute atomic E-state index is 10.9. The molecule has 2 unspecified atom stereocenters. The summed E-state index contributed by atoms with van der Waals surface area (Å²) in [7, 11) is 0. The zero-order valence-corrected chi connectivity index (χ0v) is 17.5. The van der Waals surface area contributed by atoms with Crippen molar-refractivity contribution in [1.82, 2.24) is 0 Å². The van der Waals surface area contributed by atoms with E-state index in [9.17, 15) is 5.11 Å². The number of hydrogen-bond donors (Lipinski definition) is 1. The Bertz CT molecular complexity index is 660. The number of aryl methyl sites for hydroxylation is 1. The highest BCUT2D eigenvalue weighted by atomic mass is 16.7. The van der Waals surface area contributed by atoms with Crippen LogP contribution in [0.1, 0.15) is 76.8 Å². The Kier molecular flexibility index (Phi) is 8.43. The second-order valence-corrected chi connectivity index (χ2v) is 7.77. The van der Waals surface area contributed by atoms with Gasteiger partial charge in [0.1, 0.15) is 11.5 Å². The minimum atomic E-state index is 0.0950. The first kappa shape index (κ1) is 21.6. The molecule has 1 aliphatic rings. The van der Waals surface area contributed by atoms with Gasteiger partial charge in [0.25, 0.3) is 0 Å². The number of benzene rings is 1. The fourth-order valence-electron chi connectivity index (χ4n) is 3.94. The smallest absolute Gasteiger partial charge is 0.189 e. The fraction of sp³-hybridized carbons (Fsp3) is 0.583. The van der Waals surface area contributed by atoms with Gasteiger partial charge in [-0.3, -0.25) is 0 Å². The van der Waals surface area contributed by atoms with Crippen LogP contribution < -0.4 is 4.74 Å². The lowest BCUT2D eigenvalue weighted by Crippen LogP contribution is -2.18.